The van der Waals surface area contributed by atoms with Crippen LogP contribution in [0.5, 0.6) is 0 Å². The highest BCUT2D eigenvalue weighted by molar-refractivity contribution is 7.89. The van der Waals surface area contributed by atoms with Gasteiger partial charge in [-0.1, -0.05) is 0 Å². The molecule has 1 fully saturated rings. The largest absolute Gasteiger partial charge is 0.347 e. The van der Waals surface area contributed by atoms with Crippen LogP contribution in [0.15, 0.2) is 0 Å². The smallest absolute Gasteiger partial charge is 0.240 e. The number of nitrogens with zero attached hydrogens (tertiary/aromatic N) is 2. The van der Waals surface area contributed by atoms with Crippen molar-refractivity contribution in [3.05, 3.63) is 0 Å². The number of sulfonamides is 1. The van der Waals surface area contributed by atoms with E-state index in [1.807, 2.05) is 0 Å². The second-order valence-corrected chi connectivity index (χ2v) is 6.90. The molecule has 0 aromatic carbocycles. The van der Waals surface area contributed by atoms with Gasteiger partial charge in [0.2, 0.25) is 15.9 Å². The summed E-state index contributed by atoms with van der Waals surface area (Å²) in [5.41, 5.74) is 5.41. The Morgan fingerprint density at radius 3 is 2.59 bits per heavy atom. The Morgan fingerprint density at radius 2 is 2.12 bits per heavy atom. The van der Waals surface area contributed by atoms with Crippen molar-refractivity contribution in [2.24, 2.45) is 5.73 Å². The van der Waals surface area contributed by atoms with Crippen molar-refractivity contribution in [3.8, 4) is 0 Å². The van der Waals surface area contributed by atoms with E-state index in [1.54, 1.807) is 21.0 Å². The van der Waals surface area contributed by atoms with E-state index >= 15 is 0 Å². The molecule has 2 unspecified atom stereocenters. The maximum absolute atomic E-state index is 12.2. The predicted octanol–water partition coefficient (Wildman–Crippen LogP) is -0.784. The average Bonchev–Trinajstić information content (AvgIpc) is 2.75. The van der Waals surface area contributed by atoms with Gasteiger partial charge in [0.25, 0.3) is 0 Å². The van der Waals surface area contributed by atoms with Gasteiger partial charge in [-0.3, -0.25) is 4.79 Å². The molecule has 0 saturated carbocycles. The van der Waals surface area contributed by atoms with Crippen LogP contribution in [-0.2, 0) is 14.8 Å². The van der Waals surface area contributed by atoms with Crippen LogP contribution in [0.25, 0.3) is 0 Å². The Bertz CT molecular complexity index is 380. The Kier molecular flexibility index (Phi) is 4.51. The van der Waals surface area contributed by atoms with Crippen molar-refractivity contribution in [3.63, 3.8) is 0 Å². The van der Waals surface area contributed by atoms with Crippen molar-refractivity contribution in [2.45, 2.75) is 31.1 Å². The maximum atomic E-state index is 12.2. The molecule has 2 N–H and O–H groups in total. The SMILES string of the molecule is CC(CN)S(=O)(=O)N1CCCC1C(=O)N(C)C. The van der Waals surface area contributed by atoms with Crippen LogP contribution in [0.3, 0.4) is 0 Å². The van der Waals surface area contributed by atoms with Crippen LogP contribution in [0.4, 0.5) is 0 Å². The van der Waals surface area contributed by atoms with Crippen LogP contribution >= 0.6 is 0 Å². The molecule has 0 aromatic heterocycles. The fraction of sp³-hybridized carbons (Fsp3) is 0.900. The van der Waals surface area contributed by atoms with Crippen molar-refractivity contribution in [2.75, 3.05) is 27.2 Å². The summed E-state index contributed by atoms with van der Waals surface area (Å²) >= 11 is 0. The number of hydrogen-bond acceptors (Lipinski definition) is 4. The number of nitrogens with two attached hydrogens (primary N) is 1. The van der Waals surface area contributed by atoms with Gasteiger partial charge < -0.3 is 10.6 Å². The van der Waals surface area contributed by atoms with Gasteiger partial charge in [-0.25, -0.2) is 8.42 Å². The topological polar surface area (TPSA) is 83.7 Å². The molecule has 17 heavy (non-hydrogen) atoms. The lowest BCUT2D eigenvalue weighted by Crippen LogP contribution is -2.49. The Labute approximate surface area is 103 Å². The molecule has 1 saturated heterocycles. The quantitative estimate of drug-likeness (QED) is 0.721. The summed E-state index contributed by atoms with van der Waals surface area (Å²) in [6.45, 7) is 2.06. The van der Waals surface area contributed by atoms with Crippen molar-refractivity contribution >= 4 is 15.9 Å². The minimum Gasteiger partial charge on any atom is -0.347 e. The summed E-state index contributed by atoms with van der Waals surface area (Å²) in [5.74, 6) is -0.157. The second kappa shape index (κ2) is 5.32. The summed E-state index contributed by atoms with van der Waals surface area (Å²) in [5, 5.41) is -0.641. The minimum atomic E-state index is -3.46. The van der Waals surface area contributed by atoms with E-state index < -0.39 is 21.3 Å². The number of amides is 1. The van der Waals surface area contributed by atoms with Gasteiger partial charge in [0.15, 0.2) is 0 Å². The zero-order chi connectivity index (χ0) is 13.2. The molecule has 0 radical (unpaired) electrons. The average molecular weight is 263 g/mol. The standard InChI is InChI=1S/C10H21N3O3S/c1-8(7-11)17(15,16)13-6-4-5-9(13)10(14)12(2)3/h8-9H,4-7,11H2,1-3H3. The minimum absolute atomic E-state index is 0.0711. The monoisotopic (exact) mass is 263 g/mol. The second-order valence-electron chi connectivity index (χ2n) is 4.59. The molecule has 1 aliphatic heterocycles. The fourth-order valence-corrected chi connectivity index (χ4v) is 3.58. The third-order valence-corrected chi connectivity index (χ3v) is 5.40. The normalized spacial score (nSPS) is 23.6. The molecule has 0 aromatic rings. The first kappa shape index (κ1) is 14.4. The first-order valence-corrected chi connectivity index (χ1v) is 7.24. The van der Waals surface area contributed by atoms with Crippen LogP contribution in [0.2, 0.25) is 0 Å². The number of rotatable bonds is 4. The van der Waals surface area contributed by atoms with Gasteiger partial charge in [-0.15, -0.1) is 0 Å². The number of hydrogen-bond donors (Lipinski definition) is 1. The predicted molar refractivity (Wildman–Crippen MR) is 65.9 cm³/mol. The summed E-state index contributed by atoms with van der Waals surface area (Å²) in [6, 6.07) is -0.552. The molecule has 2 atom stereocenters. The van der Waals surface area contributed by atoms with Crippen LogP contribution < -0.4 is 5.73 Å². The van der Waals surface area contributed by atoms with E-state index in [4.69, 9.17) is 5.73 Å². The van der Waals surface area contributed by atoms with Gasteiger partial charge in [0.05, 0.1) is 5.25 Å². The van der Waals surface area contributed by atoms with Crippen LogP contribution in [-0.4, -0.2) is 62.0 Å². The van der Waals surface area contributed by atoms with E-state index in [2.05, 4.69) is 0 Å². The molecule has 7 heteroatoms. The molecule has 0 aliphatic carbocycles. The lowest BCUT2D eigenvalue weighted by Gasteiger charge is -2.27. The highest BCUT2D eigenvalue weighted by Crippen LogP contribution is 2.24. The van der Waals surface area contributed by atoms with Crippen molar-refractivity contribution in [1.82, 2.24) is 9.21 Å². The summed E-state index contributed by atoms with van der Waals surface area (Å²) < 4.78 is 25.7. The first-order valence-electron chi connectivity index (χ1n) is 5.74. The lowest BCUT2D eigenvalue weighted by molar-refractivity contribution is -0.132. The molecule has 1 amide bonds. The van der Waals surface area contributed by atoms with Gasteiger partial charge >= 0.3 is 0 Å². The van der Waals surface area contributed by atoms with Crippen molar-refractivity contribution < 1.29 is 13.2 Å². The molecule has 1 rings (SSSR count). The van der Waals surface area contributed by atoms with Crippen LogP contribution in [0.1, 0.15) is 19.8 Å². The third-order valence-electron chi connectivity index (χ3n) is 3.10. The molecule has 1 aliphatic rings. The Balaban J connectivity index is 2.94. The molecule has 0 bridgehead atoms. The Hall–Kier alpha value is -0.660. The summed E-state index contributed by atoms with van der Waals surface area (Å²) in [6.07, 6.45) is 1.31. The van der Waals surface area contributed by atoms with E-state index in [-0.39, 0.29) is 12.5 Å². The van der Waals surface area contributed by atoms with E-state index in [0.717, 1.165) is 6.42 Å². The summed E-state index contributed by atoms with van der Waals surface area (Å²) in [4.78, 5) is 13.3. The van der Waals surface area contributed by atoms with E-state index in [0.29, 0.717) is 13.0 Å². The van der Waals surface area contributed by atoms with Gasteiger partial charge in [0, 0.05) is 27.2 Å². The zero-order valence-electron chi connectivity index (χ0n) is 10.6. The first-order chi connectivity index (χ1) is 7.82. The number of carbonyl (C=O) groups excluding carboxylic acids is 1. The number of carbonyl (C=O) groups is 1. The molecular formula is C10H21N3O3S. The maximum Gasteiger partial charge on any atom is 0.240 e. The Morgan fingerprint density at radius 1 is 1.53 bits per heavy atom. The van der Waals surface area contributed by atoms with Gasteiger partial charge in [-0.2, -0.15) is 4.31 Å². The molecular weight excluding hydrogens is 242 g/mol. The lowest BCUT2D eigenvalue weighted by atomic mass is 10.2. The molecule has 100 valence electrons. The van der Waals surface area contributed by atoms with Crippen LogP contribution in [0, 0.1) is 0 Å². The summed E-state index contributed by atoms with van der Waals surface area (Å²) in [7, 11) is -0.182. The highest BCUT2D eigenvalue weighted by Gasteiger charge is 2.41. The molecule has 1 heterocycles. The third kappa shape index (κ3) is 2.78. The van der Waals surface area contributed by atoms with E-state index in [1.165, 1.54) is 9.21 Å². The van der Waals surface area contributed by atoms with Gasteiger partial charge in [-0.05, 0) is 19.8 Å². The zero-order valence-corrected chi connectivity index (χ0v) is 11.4. The van der Waals surface area contributed by atoms with Crippen molar-refractivity contribution in [1.29, 1.82) is 0 Å². The fourth-order valence-electron chi connectivity index (χ4n) is 1.94. The number of likely N-dealkylation sites (N-methyl/N-ethyl adjacent to an activating group) is 1. The molecule has 6 nitrogen and oxygen atoms in total. The van der Waals surface area contributed by atoms with E-state index in [9.17, 15) is 13.2 Å². The highest BCUT2D eigenvalue weighted by atomic mass is 32.2. The van der Waals surface area contributed by atoms with Gasteiger partial charge in [0.1, 0.15) is 6.04 Å². The molecule has 0 spiro atoms.